The molecule has 0 aliphatic carbocycles. The highest BCUT2D eigenvalue weighted by atomic mass is 16.5. The van der Waals surface area contributed by atoms with E-state index in [1.54, 1.807) is 0 Å². The molecule has 0 amide bonds. The van der Waals surface area contributed by atoms with Crippen LogP contribution in [-0.4, -0.2) is 47.2 Å². The summed E-state index contributed by atoms with van der Waals surface area (Å²) >= 11 is 0. The summed E-state index contributed by atoms with van der Waals surface area (Å²) < 4.78 is 4.84. The van der Waals surface area contributed by atoms with Gasteiger partial charge in [0.15, 0.2) is 0 Å². The van der Waals surface area contributed by atoms with Gasteiger partial charge in [-0.2, -0.15) is 0 Å². The van der Waals surface area contributed by atoms with Gasteiger partial charge in [0, 0.05) is 6.61 Å². The predicted molar refractivity (Wildman–Crippen MR) is 82.3 cm³/mol. The lowest BCUT2D eigenvalue weighted by molar-refractivity contribution is -0.143. The van der Waals surface area contributed by atoms with Crippen molar-refractivity contribution >= 4 is 5.97 Å². The van der Waals surface area contributed by atoms with Gasteiger partial charge >= 0.3 is 5.97 Å². The molecule has 0 radical (unpaired) electrons. The van der Waals surface area contributed by atoms with Gasteiger partial charge in [-0.3, -0.25) is 0 Å². The van der Waals surface area contributed by atoms with Crippen LogP contribution in [0.25, 0.3) is 0 Å². The van der Waals surface area contributed by atoms with Crippen LogP contribution in [0.2, 0.25) is 0 Å². The second-order valence-electron chi connectivity index (χ2n) is 5.61. The van der Waals surface area contributed by atoms with Crippen molar-refractivity contribution in [3.63, 3.8) is 0 Å². The van der Waals surface area contributed by atoms with Gasteiger partial charge in [0.25, 0.3) is 0 Å². The second kappa shape index (κ2) is 15.7. The number of carboxylic acids is 1. The van der Waals surface area contributed by atoms with E-state index in [9.17, 15) is 9.90 Å². The van der Waals surface area contributed by atoms with Crippen LogP contribution in [0.3, 0.4) is 0 Å². The summed E-state index contributed by atoms with van der Waals surface area (Å²) in [5.74, 6) is -1.00. The molecule has 21 heavy (non-hydrogen) atoms. The number of hydrogen-bond donors (Lipinski definition) is 3. The van der Waals surface area contributed by atoms with Crippen LogP contribution < -0.4 is 0 Å². The van der Waals surface area contributed by atoms with Gasteiger partial charge in [-0.1, -0.05) is 57.8 Å². The maximum absolute atomic E-state index is 10.2. The summed E-state index contributed by atoms with van der Waals surface area (Å²) in [6, 6.07) is 0. The number of ether oxygens (including phenoxy) is 1. The molecule has 0 saturated carbocycles. The Morgan fingerprint density at radius 2 is 1.33 bits per heavy atom. The fourth-order valence-corrected chi connectivity index (χ4v) is 2.27. The summed E-state index contributed by atoms with van der Waals surface area (Å²) in [6.45, 7) is 0.0860. The zero-order chi connectivity index (χ0) is 15.8. The number of hydrogen-bond acceptors (Lipinski definition) is 4. The number of aliphatic carboxylic acids is 1. The van der Waals surface area contributed by atoms with Crippen LogP contribution in [0.5, 0.6) is 0 Å². The van der Waals surface area contributed by atoms with Crippen molar-refractivity contribution in [3.05, 3.63) is 0 Å². The lowest BCUT2D eigenvalue weighted by atomic mass is 10.0. The molecule has 1 atom stereocenters. The van der Waals surface area contributed by atoms with Gasteiger partial charge in [-0.05, 0) is 12.8 Å². The van der Waals surface area contributed by atoms with E-state index >= 15 is 0 Å². The lowest BCUT2D eigenvalue weighted by Crippen LogP contribution is -2.18. The maximum Gasteiger partial charge on any atom is 0.329 e. The molecule has 0 aromatic heterocycles. The molecule has 0 aliphatic heterocycles. The number of carboxylic acid groups (broad SMARTS) is 1. The zero-order valence-corrected chi connectivity index (χ0v) is 13.1. The molecule has 0 heterocycles. The van der Waals surface area contributed by atoms with Crippen molar-refractivity contribution in [2.24, 2.45) is 0 Å². The molecule has 0 rings (SSSR count). The SMILES string of the molecule is O=C(O)COCC(O)CCCCCCCCCCCCO. The van der Waals surface area contributed by atoms with Crippen molar-refractivity contribution in [3.8, 4) is 0 Å². The van der Waals surface area contributed by atoms with Gasteiger partial charge in [-0.15, -0.1) is 0 Å². The van der Waals surface area contributed by atoms with E-state index in [1.165, 1.54) is 38.5 Å². The first-order valence-corrected chi connectivity index (χ1v) is 8.25. The van der Waals surface area contributed by atoms with E-state index in [1.807, 2.05) is 0 Å². The number of rotatable bonds is 16. The van der Waals surface area contributed by atoms with Crippen molar-refractivity contribution < 1.29 is 24.9 Å². The molecule has 0 bridgehead atoms. The quantitative estimate of drug-likeness (QED) is 0.382. The van der Waals surface area contributed by atoms with Gasteiger partial charge < -0.3 is 20.1 Å². The summed E-state index contributed by atoms with van der Waals surface area (Å²) in [7, 11) is 0. The summed E-state index contributed by atoms with van der Waals surface area (Å²) in [5.41, 5.74) is 0. The minimum absolute atomic E-state index is 0.111. The maximum atomic E-state index is 10.2. The Kier molecular flexibility index (Phi) is 15.2. The van der Waals surface area contributed by atoms with Crippen LogP contribution >= 0.6 is 0 Å². The monoisotopic (exact) mass is 304 g/mol. The van der Waals surface area contributed by atoms with E-state index in [-0.39, 0.29) is 13.2 Å². The first kappa shape index (κ1) is 20.3. The minimum Gasteiger partial charge on any atom is -0.480 e. The first-order chi connectivity index (χ1) is 10.2. The van der Waals surface area contributed by atoms with Crippen molar-refractivity contribution in [2.45, 2.75) is 76.7 Å². The third-order valence-corrected chi connectivity index (χ3v) is 3.48. The first-order valence-electron chi connectivity index (χ1n) is 8.25. The fraction of sp³-hybridized carbons (Fsp3) is 0.938. The highest BCUT2D eigenvalue weighted by molar-refractivity contribution is 5.67. The van der Waals surface area contributed by atoms with Crippen molar-refractivity contribution in [1.82, 2.24) is 0 Å². The molecule has 0 aromatic rings. The molecule has 0 fully saturated rings. The molecule has 0 aliphatic rings. The molecule has 0 saturated heterocycles. The van der Waals surface area contributed by atoms with Crippen LogP contribution in [0.4, 0.5) is 0 Å². The topological polar surface area (TPSA) is 87.0 Å². The Balaban J connectivity index is 3.12. The molecule has 0 spiro atoms. The second-order valence-corrected chi connectivity index (χ2v) is 5.61. The molecule has 1 unspecified atom stereocenters. The van der Waals surface area contributed by atoms with Crippen molar-refractivity contribution in [2.75, 3.05) is 19.8 Å². The third-order valence-electron chi connectivity index (χ3n) is 3.48. The van der Waals surface area contributed by atoms with Crippen LogP contribution in [-0.2, 0) is 9.53 Å². The minimum atomic E-state index is -1.00. The summed E-state index contributed by atoms with van der Waals surface area (Å²) in [5, 5.41) is 26.6. The van der Waals surface area contributed by atoms with Gasteiger partial charge in [-0.25, -0.2) is 4.79 Å². The Labute approximate surface area is 128 Å². The fourth-order valence-electron chi connectivity index (χ4n) is 2.27. The number of aliphatic hydroxyl groups is 2. The van der Waals surface area contributed by atoms with E-state index in [0.29, 0.717) is 13.0 Å². The average Bonchev–Trinajstić information content (AvgIpc) is 2.44. The number of aliphatic hydroxyl groups excluding tert-OH is 2. The highest BCUT2D eigenvalue weighted by Crippen LogP contribution is 2.12. The van der Waals surface area contributed by atoms with Gasteiger partial charge in [0.1, 0.15) is 6.61 Å². The molecule has 3 N–H and O–H groups in total. The average molecular weight is 304 g/mol. The smallest absolute Gasteiger partial charge is 0.329 e. The van der Waals surface area contributed by atoms with E-state index < -0.39 is 12.1 Å². The van der Waals surface area contributed by atoms with E-state index in [4.69, 9.17) is 14.9 Å². The lowest BCUT2D eigenvalue weighted by Gasteiger charge is -2.09. The van der Waals surface area contributed by atoms with Gasteiger partial charge in [0.2, 0.25) is 0 Å². The Bertz CT molecular complexity index is 233. The van der Waals surface area contributed by atoms with E-state index in [2.05, 4.69) is 0 Å². The molecule has 0 aromatic carbocycles. The largest absolute Gasteiger partial charge is 0.480 e. The van der Waals surface area contributed by atoms with Gasteiger partial charge in [0.05, 0.1) is 12.7 Å². The van der Waals surface area contributed by atoms with Crippen LogP contribution in [0, 0.1) is 0 Å². The molecule has 126 valence electrons. The Morgan fingerprint density at radius 3 is 1.81 bits per heavy atom. The molecule has 5 nitrogen and oxygen atoms in total. The summed E-state index contributed by atoms with van der Waals surface area (Å²) in [4.78, 5) is 10.2. The van der Waals surface area contributed by atoms with Crippen LogP contribution in [0.1, 0.15) is 70.6 Å². The summed E-state index contributed by atoms with van der Waals surface area (Å²) in [6.07, 6.45) is 11.7. The Morgan fingerprint density at radius 1 is 0.857 bits per heavy atom. The zero-order valence-electron chi connectivity index (χ0n) is 13.1. The highest BCUT2D eigenvalue weighted by Gasteiger charge is 2.05. The third kappa shape index (κ3) is 17.3. The molecular weight excluding hydrogens is 272 g/mol. The predicted octanol–water partition coefficient (Wildman–Crippen LogP) is 2.73. The molecule has 5 heteroatoms. The van der Waals surface area contributed by atoms with E-state index in [0.717, 1.165) is 25.7 Å². The molecular formula is C16H32O5. The standard InChI is InChI=1S/C16H32O5/c17-12-10-8-6-4-2-1-3-5-7-9-11-15(18)13-21-14-16(19)20/h15,17-18H,1-14H2,(H,19,20). The number of carbonyl (C=O) groups is 1. The normalized spacial score (nSPS) is 12.5. The van der Waals surface area contributed by atoms with Crippen molar-refractivity contribution in [1.29, 1.82) is 0 Å². The Hall–Kier alpha value is -0.650. The van der Waals surface area contributed by atoms with Crippen LogP contribution in [0.15, 0.2) is 0 Å². The number of unbranched alkanes of at least 4 members (excludes halogenated alkanes) is 9.